The number of carbonyl (C=O) groups is 1. The number of nitrogens with one attached hydrogen (secondary N) is 1. The lowest BCUT2D eigenvalue weighted by Gasteiger charge is -2.27. The number of hydrogen-bond donors (Lipinski definition) is 3. The van der Waals surface area contributed by atoms with Crippen molar-refractivity contribution in [3.05, 3.63) is 93.5 Å². The molecule has 0 saturated heterocycles. The Morgan fingerprint density at radius 3 is 2.16 bits per heavy atom. The second-order valence-corrected chi connectivity index (χ2v) is 7.29. The first-order valence-electron chi connectivity index (χ1n) is 9.40. The van der Waals surface area contributed by atoms with E-state index < -0.39 is 11.5 Å². The third-order valence-corrected chi connectivity index (χ3v) is 5.37. The van der Waals surface area contributed by atoms with E-state index >= 15 is 0 Å². The van der Waals surface area contributed by atoms with Crippen molar-refractivity contribution in [1.29, 1.82) is 0 Å². The fourth-order valence-corrected chi connectivity index (χ4v) is 3.41. The smallest absolute Gasteiger partial charge is 0.281 e. The minimum atomic E-state index is -1.99. The molecule has 0 aromatic heterocycles. The molecule has 3 aromatic carbocycles. The SMILES string of the molecule is CCOc1cc(Cl)c(Cl)c(/C=N/NC(=O)C(O)(c2ccccc2)c2ccccc2)c1O. The molecule has 0 saturated carbocycles. The maximum atomic E-state index is 13.0. The summed E-state index contributed by atoms with van der Waals surface area (Å²) in [6.45, 7) is 2.06. The van der Waals surface area contributed by atoms with Crippen LogP contribution in [0.3, 0.4) is 0 Å². The van der Waals surface area contributed by atoms with Gasteiger partial charge < -0.3 is 14.9 Å². The third-order valence-electron chi connectivity index (χ3n) is 4.56. The zero-order valence-electron chi connectivity index (χ0n) is 16.5. The molecule has 0 radical (unpaired) electrons. The molecule has 0 heterocycles. The van der Waals surface area contributed by atoms with E-state index in [-0.39, 0.29) is 27.1 Å². The molecule has 3 rings (SSSR count). The molecule has 0 aliphatic carbocycles. The Kier molecular flexibility index (Phi) is 7.17. The van der Waals surface area contributed by atoms with Crippen LogP contribution in [0.15, 0.2) is 71.8 Å². The zero-order chi connectivity index (χ0) is 22.4. The number of carbonyl (C=O) groups excluding carboxylic acids is 1. The van der Waals surface area contributed by atoms with Gasteiger partial charge in [-0.2, -0.15) is 5.10 Å². The van der Waals surface area contributed by atoms with E-state index in [1.807, 2.05) is 0 Å². The molecule has 3 aromatic rings. The lowest BCUT2D eigenvalue weighted by Crippen LogP contribution is -2.43. The summed E-state index contributed by atoms with van der Waals surface area (Å²) < 4.78 is 5.33. The quantitative estimate of drug-likeness (QED) is 0.359. The average molecular weight is 459 g/mol. The highest BCUT2D eigenvalue weighted by Crippen LogP contribution is 2.39. The Morgan fingerprint density at radius 2 is 1.65 bits per heavy atom. The van der Waals surface area contributed by atoms with Crippen molar-refractivity contribution in [1.82, 2.24) is 5.43 Å². The lowest BCUT2D eigenvalue weighted by molar-refractivity contribution is -0.136. The number of aliphatic hydroxyl groups is 1. The van der Waals surface area contributed by atoms with Crippen molar-refractivity contribution in [2.45, 2.75) is 12.5 Å². The van der Waals surface area contributed by atoms with Gasteiger partial charge in [-0.15, -0.1) is 0 Å². The molecular weight excluding hydrogens is 439 g/mol. The van der Waals surface area contributed by atoms with E-state index in [4.69, 9.17) is 27.9 Å². The number of nitrogens with zero attached hydrogens (tertiary/aromatic N) is 1. The zero-order valence-corrected chi connectivity index (χ0v) is 18.1. The van der Waals surface area contributed by atoms with Crippen LogP contribution < -0.4 is 10.2 Å². The molecule has 1 amide bonds. The normalized spacial score (nSPS) is 11.5. The molecular formula is C23H20Cl2N2O4. The van der Waals surface area contributed by atoms with E-state index in [0.29, 0.717) is 17.7 Å². The van der Waals surface area contributed by atoms with Crippen molar-refractivity contribution in [2.75, 3.05) is 6.61 Å². The summed E-state index contributed by atoms with van der Waals surface area (Å²) in [5.41, 5.74) is 1.14. The van der Waals surface area contributed by atoms with Gasteiger partial charge in [0.25, 0.3) is 5.91 Å². The number of hydrogen-bond acceptors (Lipinski definition) is 5. The molecule has 0 spiro atoms. The Bertz CT molecular complexity index is 1050. The highest BCUT2D eigenvalue weighted by Gasteiger charge is 2.39. The van der Waals surface area contributed by atoms with Crippen LogP contribution in [0, 0.1) is 0 Å². The monoisotopic (exact) mass is 458 g/mol. The summed E-state index contributed by atoms with van der Waals surface area (Å²) in [6, 6.07) is 18.4. The van der Waals surface area contributed by atoms with Crippen LogP contribution in [0.25, 0.3) is 0 Å². The molecule has 0 bridgehead atoms. The van der Waals surface area contributed by atoms with Gasteiger partial charge in [0.1, 0.15) is 0 Å². The van der Waals surface area contributed by atoms with Crippen LogP contribution in [-0.4, -0.2) is 28.9 Å². The Morgan fingerprint density at radius 1 is 1.10 bits per heavy atom. The van der Waals surface area contributed by atoms with Crippen LogP contribution in [0.4, 0.5) is 0 Å². The molecule has 6 nitrogen and oxygen atoms in total. The number of rotatable bonds is 7. The van der Waals surface area contributed by atoms with Crippen LogP contribution >= 0.6 is 23.2 Å². The number of halogens is 2. The largest absolute Gasteiger partial charge is 0.504 e. The summed E-state index contributed by atoms with van der Waals surface area (Å²) in [5.74, 6) is -0.922. The number of ether oxygens (including phenoxy) is 1. The van der Waals surface area contributed by atoms with E-state index in [9.17, 15) is 15.0 Å². The molecule has 0 aliphatic heterocycles. The van der Waals surface area contributed by atoms with Crippen molar-refractivity contribution >= 4 is 35.3 Å². The summed E-state index contributed by atoms with van der Waals surface area (Å²) in [7, 11) is 0. The van der Waals surface area contributed by atoms with Gasteiger partial charge in [0, 0.05) is 6.07 Å². The standard InChI is InChI=1S/C23H20Cl2N2O4/c1-2-31-19-13-18(24)20(25)17(21(19)28)14-26-27-22(29)23(30,15-9-5-3-6-10-15)16-11-7-4-8-12-16/h3-14,28,30H,2H2,1H3,(H,27,29)/b26-14+. The van der Waals surface area contributed by atoms with Gasteiger partial charge in [-0.25, -0.2) is 5.43 Å². The maximum absolute atomic E-state index is 13.0. The van der Waals surface area contributed by atoms with Gasteiger partial charge in [0.05, 0.1) is 28.4 Å². The number of aromatic hydroxyl groups is 1. The van der Waals surface area contributed by atoms with E-state index in [0.717, 1.165) is 6.21 Å². The number of amides is 1. The molecule has 160 valence electrons. The van der Waals surface area contributed by atoms with Crippen LogP contribution in [0.2, 0.25) is 10.0 Å². The van der Waals surface area contributed by atoms with Crippen molar-refractivity contribution in [3.63, 3.8) is 0 Å². The first-order valence-corrected chi connectivity index (χ1v) is 10.2. The van der Waals surface area contributed by atoms with Gasteiger partial charge in [0.15, 0.2) is 17.1 Å². The second kappa shape index (κ2) is 9.83. The molecule has 0 atom stereocenters. The second-order valence-electron chi connectivity index (χ2n) is 6.51. The summed E-state index contributed by atoms with van der Waals surface area (Å²) in [6.07, 6.45) is 1.14. The van der Waals surface area contributed by atoms with Gasteiger partial charge in [-0.3, -0.25) is 4.79 Å². The van der Waals surface area contributed by atoms with Crippen molar-refractivity contribution in [3.8, 4) is 11.5 Å². The molecule has 0 fully saturated rings. The summed E-state index contributed by atoms with van der Waals surface area (Å²) in [4.78, 5) is 13.0. The van der Waals surface area contributed by atoms with Crippen LogP contribution in [-0.2, 0) is 10.4 Å². The van der Waals surface area contributed by atoms with Crippen LogP contribution in [0.5, 0.6) is 11.5 Å². The van der Waals surface area contributed by atoms with Gasteiger partial charge in [-0.05, 0) is 18.1 Å². The van der Waals surface area contributed by atoms with Crippen LogP contribution in [0.1, 0.15) is 23.6 Å². The van der Waals surface area contributed by atoms with Crippen molar-refractivity contribution < 1.29 is 19.7 Å². The number of phenols is 1. The van der Waals surface area contributed by atoms with Gasteiger partial charge in [0.2, 0.25) is 0 Å². The van der Waals surface area contributed by atoms with Gasteiger partial charge >= 0.3 is 0 Å². The maximum Gasteiger partial charge on any atom is 0.281 e. The van der Waals surface area contributed by atoms with Gasteiger partial charge in [-0.1, -0.05) is 83.9 Å². The molecule has 0 aliphatic rings. The topological polar surface area (TPSA) is 91.2 Å². The first kappa shape index (κ1) is 22.6. The predicted molar refractivity (Wildman–Crippen MR) is 121 cm³/mol. The van der Waals surface area contributed by atoms with E-state index in [2.05, 4.69) is 10.5 Å². The highest BCUT2D eigenvalue weighted by molar-refractivity contribution is 6.43. The third kappa shape index (κ3) is 4.66. The Labute approximate surface area is 189 Å². The Balaban J connectivity index is 1.94. The highest BCUT2D eigenvalue weighted by atomic mass is 35.5. The fraction of sp³-hybridized carbons (Fsp3) is 0.130. The summed E-state index contributed by atoms with van der Waals surface area (Å²) in [5, 5.41) is 25.8. The molecule has 3 N–H and O–H groups in total. The first-order chi connectivity index (χ1) is 14.9. The average Bonchev–Trinajstić information content (AvgIpc) is 2.80. The molecule has 8 heteroatoms. The van der Waals surface area contributed by atoms with Crippen molar-refractivity contribution in [2.24, 2.45) is 5.10 Å². The van der Waals surface area contributed by atoms with E-state index in [1.54, 1.807) is 67.6 Å². The summed E-state index contributed by atoms with van der Waals surface area (Å²) >= 11 is 12.3. The van der Waals surface area contributed by atoms with E-state index in [1.165, 1.54) is 6.07 Å². The number of phenolic OH excluding ortho intramolecular Hbond substituents is 1. The molecule has 0 unspecified atom stereocenters. The predicted octanol–water partition coefficient (Wildman–Crippen LogP) is 4.48. The number of hydrazone groups is 1. The lowest BCUT2D eigenvalue weighted by atomic mass is 9.85. The molecule has 31 heavy (non-hydrogen) atoms. The fourth-order valence-electron chi connectivity index (χ4n) is 3.02. The minimum absolute atomic E-state index is 0.0435. The minimum Gasteiger partial charge on any atom is -0.504 e. The number of benzene rings is 3. The Hall–Kier alpha value is -3.06.